The van der Waals surface area contributed by atoms with Crippen LogP contribution in [0, 0.1) is 0 Å². The van der Waals surface area contributed by atoms with Crippen molar-refractivity contribution in [1.29, 1.82) is 0 Å². The van der Waals surface area contributed by atoms with Gasteiger partial charge in [0, 0.05) is 12.1 Å². The Hall–Kier alpha value is 0.270. The molecule has 2 unspecified atom stereocenters. The van der Waals surface area contributed by atoms with Gasteiger partial charge in [-0.25, -0.2) is 0 Å². The van der Waals surface area contributed by atoms with Crippen molar-refractivity contribution >= 4 is 11.8 Å². The van der Waals surface area contributed by atoms with Crippen LogP contribution >= 0.6 is 11.8 Å². The number of hydrogen-bond acceptors (Lipinski definition) is 3. The van der Waals surface area contributed by atoms with Crippen LogP contribution in [-0.4, -0.2) is 49.1 Å². The van der Waals surface area contributed by atoms with Crippen molar-refractivity contribution in [2.24, 2.45) is 0 Å². The molecule has 1 heterocycles. The molecule has 0 aliphatic carbocycles. The first-order valence-electron chi connectivity index (χ1n) is 6.68. The standard InChI is InChI=1S/C13H28N2S/c1-12-11-13(14-2)7-9-15(12)8-5-4-6-10-16-3/h12-14H,4-11H2,1-3H3. The Labute approximate surface area is 106 Å². The second-order valence-corrected chi connectivity index (χ2v) is 5.93. The summed E-state index contributed by atoms with van der Waals surface area (Å²) in [5.41, 5.74) is 0. The molecule has 1 aliphatic heterocycles. The van der Waals surface area contributed by atoms with Crippen molar-refractivity contribution in [1.82, 2.24) is 10.2 Å². The number of likely N-dealkylation sites (tertiary alicyclic amines) is 1. The molecule has 0 radical (unpaired) electrons. The molecule has 0 saturated carbocycles. The summed E-state index contributed by atoms with van der Waals surface area (Å²) in [6.45, 7) is 4.98. The normalized spacial score (nSPS) is 27.2. The Morgan fingerprint density at radius 2 is 2.12 bits per heavy atom. The number of hydrogen-bond donors (Lipinski definition) is 1. The van der Waals surface area contributed by atoms with E-state index in [1.807, 2.05) is 11.8 Å². The maximum Gasteiger partial charge on any atom is 0.00910 e. The lowest BCUT2D eigenvalue weighted by molar-refractivity contribution is 0.136. The summed E-state index contributed by atoms with van der Waals surface area (Å²) in [5.74, 6) is 1.33. The molecule has 1 fully saturated rings. The minimum Gasteiger partial charge on any atom is -0.317 e. The van der Waals surface area contributed by atoms with E-state index in [1.165, 1.54) is 50.9 Å². The SMILES string of the molecule is CNC1CCN(CCCCCSC)C(C)C1. The van der Waals surface area contributed by atoms with Crippen LogP contribution in [0.1, 0.15) is 39.0 Å². The number of rotatable bonds is 7. The van der Waals surface area contributed by atoms with Gasteiger partial charge in [-0.1, -0.05) is 6.42 Å². The predicted octanol–water partition coefficient (Wildman–Crippen LogP) is 2.59. The summed E-state index contributed by atoms with van der Waals surface area (Å²) in [4.78, 5) is 2.67. The molecule has 1 N–H and O–H groups in total. The van der Waals surface area contributed by atoms with Crippen molar-refractivity contribution in [2.75, 3.05) is 32.1 Å². The quantitative estimate of drug-likeness (QED) is 0.693. The summed E-state index contributed by atoms with van der Waals surface area (Å²) in [7, 11) is 2.09. The molecule has 3 heteroatoms. The van der Waals surface area contributed by atoms with E-state index in [2.05, 4.69) is 30.4 Å². The fraction of sp³-hybridized carbons (Fsp3) is 1.00. The van der Waals surface area contributed by atoms with Crippen LogP contribution in [0.15, 0.2) is 0 Å². The second kappa shape index (κ2) is 8.37. The zero-order chi connectivity index (χ0) is 11.8. The van der Waals surface area contributed by atoms with Crippen LogP contribution in [-0.2, 0) is 0 Å². The maximum atomic E-state index is 3.41. The van der Waals surface area contributed by atoms with E-state index < -0.39 is 0 Å². The van der Waals surface area contributed by atoms with Crippen molar-refractivity contribution in [3.8, 4) is 0 Å². The van der Waals surface area contributed by atoms with Gasteiger partial charge in [-0.2, -0.15) is 11.8 Å². The van der Waals surface area contributed by atoms with E-state index in [0.29, 0.717) is 0 Å². The number of nitrogens with one attached hydrogen (secondary N) is 1. The van der Waals surface area contributed by atoms with Gasteiger partial charge in [-0.15, -0.1) is 0 Å². The van der Waals surface area contributed by atoms with Gasteiger partial charge in [0.25, 0.3) is 0 Å². The van der Waals surface area contributed by atoms with Crippen molar-refractivity contribution < 1.29 is 0 Å². The summed E-state index contributed by atoms with van der Waals surface area (Å²) in [6.07, 6.45) is 9.02. The maximum absolute atomic E-state index is 3.41. The molecule has 1 aliphatic rings. The second-order valence-electron chi connectivity index (χ2n) is 4.95. The van der Waals surface area contributed by atoms with Gasteiger partial charge in [-0.3, -0.25) is 0 Å². The van der Waals surface area contributed by atoms with Crippen LogP contribution in [0.5, 0.6) is 0 Å². The van der Waals surface area contributed by atoms with Crippen LogP contribution < -0.4 is 5.32 Å². The molecule has 1 saturated heterocycles. The van der Waals surface area contributed by atoms with Gasteiger partial charge >= 0.3 is 0 Å². The highest BCUT2D eigenvalue weighted by molar-refractivity contribution is 7.98. The third-order valence-electron chi connectivity index (χ3n) is 3.72. The third-order valence-corrected chi connectivity index (χ3v) is 4.41. The van der Waals surface area contributed by atoms with Crippen LogP contribution in [0.3, 0.4) is 0 Å². The van der Waals surface area contributed by atoms with Gasteiger partial charge < -0.3 is 10.2 Å². The molecule has 1 rings (SSSR count). The summed E-state index contributed by atoms with van der Waals surface area (Å²) >= 11 is 1.97. The van der Waals surface area contributed by atoms with E-state index in [-0.39, 0.29) is 0 Å². The molecule has 0 aromatic heterocycles. The van der Waals surface area contributed by atoms with Crippen LogP contribution in [0.4, 0.5) is 0 Å². The van der Waals surface area contributed by atoms with Crippen LogP contribution in [0.25, 0.3) is 0 Å². The summed E-state index contributed by atoms with van der Waals surface area (Å²) < 4.78 is 0. The number of nitrogens with zero attached hydrogens (tertiary/aromatic N) is 1. The molecule has 96 valence electrons. The highest BCUT2D eigenvalue weighted by Crippen LogP contribution is 2.17. The Balaban J connectivity index is 2.08. The minimum absolute atomic E-state index is 0.753. The third kappa shape index (κ3) is 5.07. The first kappa shape index (κ1) is 14.3. The Morgan fingerprint density at radius 1 is 1.31 bits per heavy atom. The van der Waals surface area contributed by atoms with Gasteiger partial charge in [-0.05, 0) is 64.8 Å². The van der Waals surface area contributed by atoms with E-state index in [9.17, 15) is 0 Å². The average molecular weight is 244 g/mol. The van der Waals surface area contributed by atoms with Gasteiger partial charge in [0.05, 0.1) is 0 Å². The van der Waals surface area contributed by atoms with E-state index in [0.717, 1.165) is 12.1 Å². The monoisotopic (exact) mass is 244 g/mol. The van der Waals surface area contributed by atoms with Gasteiger partial charge in [0.2, 0.25) is 0 Å². The van der Waals surface area contributed by atoms with Crippen molar-refractivity contribution in [2.45, 2.75) is 51.1 Å². The Kier molecular flexibility index (Phi) is 7.50. The Bertz CT molecular complexity index is 175. The largest absolute Gasteiger partial charge is 0.317 e. The molecule has 16 heavy (non-hydrogen) atoms. The molecule has 2 atom stereocenters. The molecule has 0 spiro atoms. The molecular formula is C13H28N2S. The highest BCUT2D eigenvalue weighted by Gasteiger charge is 2.23. The number of thioether (sulfide) groups is 1. The van der Waals surface area contributed by atoms with E-state index in [4.69, 9.17) is 0 Å². The fourth-order valence-electron chi connectivity index (χ4n) is 2.55. The zero-order valence-electron chi connectivity index (χ0n) is 11.2. The molecule has 0 aromatic carbocycles. The topological polar surface area (TPSA) is 15.3 Å². The molecular weight excluding hydrogens is 216 g/mol. The fourth-order valence-corrected chi connectivity index (χ4v) is 3.05. The van der Waals surface area contributed by atoms with Gasteiger partial charge in [0.15, 0.2) is 0 Å². The molecule has 0 amide bonds. The van der Waals surface area contributed by atoms with Gasteiger partial charge in [0.1, 0.15) is 0 Å². The highest BCUT2D eigenvalue weighted by atomic mass is 32.2. The van der Waals surface area contributed by atoms with Crippen molar-refractivity contribution in [3.63, 3.8) is 0 Å². The number of unbranched alkanes of at least 4 members (excludes halogenated alkanes) is 2. The zero-order valence-corrected chi connectivity index (χ0v) is 12.0. The molecule has 2 nitrogen and oxygen atoms in total. The van der Waals surface area contributed by atoms with E-state index in [1.54, 1.807) is 0 Å². The lowest BCUT2D eigenvalue weighted by Crippen LogP contribution is -2.46. The number of piperidine rings is 1. The van der Waals surface area contributed by atoms with Crippen LogP contribution in [0.2, 0.25) is 0 Å². The smallest absolute Gasteiger partial charge is 0.00910 e. The molecule has 0 bridgehead atoms. The lowest BCUT2D eigenvalue weighted by Gasteiger charge is -2.37. The lowest BCUT2D eigenvalue weighted by atomic mass is 9.98. The first-order chi connectivity index (χ1) is 7.77. The first-order valence-corrected chi connectivity index (χ1v) is 8.07. The van der Waals surface area contributed by atoms with Crippen molar-refractivity contribution in [3.05, 3.63) is 0 Å². The predicted molar refractivity (Wildman–Crippen MR) is 75.3 cm³/mol. The Morgan fingerprint density at radius 3 is 2.75 bits per heavy atom. The molecule has 0 aromatic rings. The minimum atomic E-state index is 0.753. The average Bonchev–Trinajstić information content (AvgIpc) is 2.30. The summed E-state index contributed by atoms with van der Waals surface area (Å²) in [6, 6.07) is 1.52. The summed E-state index contributed by atoms with van der Waals surface area (Å²) in [5, 5.41) is 3.41. The van der Waals surface area contributed by atoms with E-state index >= 15 is 0 Å².